The predicted molar refractivity (Wildman–Crippen MR) is 246 cm³/mol. The molecule has 3 aromatic carbocycles. The molecule has 5 fully saturated rings. The third-order valence-electron chi connectivity index (χ3n) is 14.5. The summed E-state index contributed by atoms with van der Waals surface area (Å²) >= 11 is 1.68. The van der Waals surface area contributed by atoms with Crippen molar-refractivity contribution in [1.29, 1.82) is 0 Å². The minimum absolute atomic E-state index is 0.101. The molecule has 11 nitrogen and oxygen atoms in total. The molecule has 6 aliphatic rings. The first-order valence-electron chi connectivity index (χ1n) is 22.6. The van der Waals surface area contributed by atoms with E-state index in [9.17, 15) is 23.3 Å². The number of piperazine rings is 1. The average molecular weight is 869 g/mol. The molecule has 3 saturated carbocycles. The third kappa shape index (κ3) is 10.0. The first-order valence-corrected chi connectivity index (χ1v) is 25.0. The van der Waals surface area contributed by atoms with E-state index in [0.717, 1.165) is 75.4 Å². The number of sulfonamides is 1. The summed E-state index contributed by atoms with van der Waals surface area (Å²) in [6.07, 6.45) is 13.6. The maximum Gasteiger partial charge on any atom is 0.293 e. The standard InChI is InChI=1S/C48H64N6O5S2/c1-4-47-33-48(34-47,35-47)42-30-46(2,3)21-19-37(42)31-52-25-27-53(28-26-52)39-15-13-36(14-16-39)45(55)50-61(58,59)41-17-18-43(44(29-41)54(56)57)49-38(20-24-51-22-9-6-10-23-51)32-60-40-11-7-5-8-12-40/h5,7-8,11-18,29,38,49H,4,6,9-10,19-28,30-35H2,1-3H3,(H,50,55)/t38-,47?,48?/m1/s1. The van der Waals surface area contributed by atoms with Gasteiger partial charge in [0.15, 0.2) is 0 Å². The van der Waals surface area contributed by atoms with Crippen LogP contribution >= 0.6 is 11.8 Å². The van der Waals surface area contributed by atoms with E-state index >= 15 is 0 Å². The van der Waals surface area contributed by atoms with Gasteiger partial charge in [0.2, 0.25) is 0 Å². The molecule has 61 heavy (non-hydrogen) atoms. The van der Waals surface area contributed by atoms with Crippen LogP contribution in [-0.4, -0.2) is 93.2 Å². The zero-order chi connectivity index (χ0) is 42.8. The van der Waals surface area contributed by atoms with Crippen LogP contribution in [0.15, 0.2) is 93.7 Å². The Morgan fingerprint density at radius 1 is 0.902 bits per heavy atom. The summed E-state index contributed by atoms with van der Waals surface area (Å²) in [4.78, 5) is 33.2. The van der Waals surface area contributed by atoms with Gasteiger partial charge >= 0.3 is 0 Å². The van der Waals surface area contributed by atoms with Crippen LogP contribution in [0.2, 0.25) is 0 Å². The number of nitrogens with one attached hydrogen (secondary N) is 2. The number of hydrogen-bond donors (Lipinski definition) is 2. The number of thioether (sulfide) groups is 1. The molecule has 13 heteroatoms. The van der Waals surface area contributed by atoms with Crippen molar-refractivity contribution in [2.24, 2.45) is 16.2 Å². The molecule has 2 heterocycles. The van der Waals surface area contributed by atoms with Crippen molar-refractivity contribution in [3.8, 4) is 0 Å². The molecule has 2 N–H and O–H groups in total. The van der Waals surface area contributed by atoms with Gasteiger partial charge in [-0.25, -0.2) is 13.1 Å². The van der Waals surface area contributed by atoms with E-state index in [0.29, 0.717) is 22.0 Å². The fraction of sp³-hybridized carbons (Fsp3) is 0.562. The summed E-state index contributed by atoms with van der Waals surface area (Å²) in [5.41, 5.74) is 6.13. The van der Waals surface area contributed by atoms with E-state index in [1.165, 1.54) is 76.3 Å². The molecule has 328 valence electrons. The summed E-state index contributed by atoms with van der Waals surface area (Å²) in [5, 5.41) is 15.7. The van der Waals surface area contributed by atoms with Crippen LogP contribution in [0, 0.1) is 26.4 Å². The number of anilines is 2. The van der Waals surface area contributed by atoms with Crippen molar-refractivity contribution >= 4 is 44.8 Å². The summed E-state index contributed by atoms with van der Waals surface area (Å²) < 4.78 is 29.2. The van der Waals surface area contributed by atoms with Crippen molar-refractivity contribution in [1.82, 2.24) is 14.5 Å². The lowest BCUT2D eigenvalue weighted by Gasteiger charge is -2.73. The minimum Gasteiger partial charge on any atom is -0.376 e. The number of nitrogens with zero attached hydrogens (tertiary/aromatic N) is 4. The highest BCUT2D eigenvalue weighted by molar-refractivity contribution is 7.99. The Morgan fingerprint density at radius 3 is 2.28 bits per heavy atom. The number of nitro groups is 1. The molecule has 0 radical (unpaired) electrons. The quantitative estimate of drug-likeness (QED) is 0.0587. The van der Waals surface area contributed by atoms with Gasteiger partial charge in [-0.15, -0.1) is 11.8 Å². The number of carbonyl (C=O) groups is 1. The molecular formula is C48H64N6O5S2. The molecule has 2 aliphatic heterocycles. The van der Waals surface area contributed by atoms with Crippen LogP contribution in [0.1, 0.15) is 102 Å². The molecule has 3 aromatic rings. The molecular weight excluding hydrogens is 805 g/mol. The van der Waals surface area contributed by atoms with Crippen LogP contribution in [0.5, 0.6) is 0 Å². The van der Waals surface area contributed by atoms with Crippen molar-refractivity contribution < 1.29 is 18.1 Å². The normalized spacial score (nSPS) is 24.7. The van der Waals surface area contributed by atoms with E-state index in [1.54, 1.807) is 35.0 Å². The Hall–Kier alpha value is -3.91. The highest BCUT2D eigenvalue weighted by Gasteiger charge is 2.68. The summed E-state index contributed by atoms with van der Waals surface area (Å²) in [7, 11) is -4.41. The fourth-order valence-corrected chi connectivity index (χ4v) is 12.9. The van der Waals surface area contributed by atoms with Crippen molar-refractivity contribution in [2.75, 3.05) is 68.3 Å². The van der Waals surface area contributed by atoms with Gasteiger partial charge in [0.1, 0.15) is 5.69 Å². The van der Waals surface area contributed by atoms with Crippen LogP contribution in [0.3, 0.4) is 0 Å². The van der Waals surface area contributed by atoms with Gasteiger partial charge in [0.05, 0.1) is 9.82 Å². The van der Waals surface area contributed by atoms with E-state index < -0.39 is 20.9 Å². The number of amides is 1. The molecule has 0 unspecified atom stereocenters. The summed E-state index contributed by atoms with van der Waals surface area (Å²) in [5.74, 6) is -0.108. The molecule has 2 bridgehead atoms. The second kappa shape index (κ2) is 18.1. The van der Waals surface area contributed by atoms with Gasteiger partial charge in [0.25, 0.3) is 21.6 Å². The lowest BCUT2D eigenvalue weighted by Crippen LogP contribution is -2.63. The van der Waals surface area contributed by atoms with Crippen LogP contribution in [0.25, 0.3) is 0 Å². The van der Waals surface area contributed by atoms with Crippen molar-refractivity contribution in [2.45, 2.75) is 107 Å². The highest BCUT2D eigenvalue weighted by Crippen LogP contribution is 2.79. The number of likely N-dealkylation sites (tertiary alicyclic amines) is 1. The molecule has 9 rings (SSSR count). The van der Waals surface area contributed by atoms with Crippen molar-refractivity contribution in [3.05, 3.63) is 99.6 Å². The largest absolute Gasteiger partial charge is 0.376 e. The van der Waals surface area contributed by atoms with E-state index in [-0.39, 0.29) is 27.9 Å². The van der Waals surface area contributed by atoms with E-state index in [4.69, 9.17) is 0 Å². The smallest absolute Gasteiger partial charge is 0.293 e. The Labute approximate surface area is 367 Å². The number of nitro benzene ring substituents is 1. The van der Waals surface area contributed by atoms with E-state index in [1.807, 2.05) is 42.5 Å². The molecule has 2 saturated heterocycles. The van der Waals surface area contributed by atoms with Gasteiger partial charge in [-0.2, -0.15) is 0 Å². The number of hydrogen-bond acceptors (Lipinski definition) is 10. The Balaban J connectivity index is 0.870. The fourth-order valence-electron chi connectivity index (χ4n) is 10.9. The molecule has 1 atom stereocenters. The highest BCUT2D eigenvalue weighted by atomic mass is 32.2. The SMILES string of the molecule is CCC12CC(C3=C(CN4CCN(c5ccc(C(=O)NS(=O)(=O)c6ccc(N[C@H](CCN7CCCCC7)CSc7ccccc7)c([N+](=O)[O-])c6)cc5)CC4)CCC(C)(C)C3)(C1)C2. The Kier molecular flexibility index (Phi) is 12.9. The zero-order valence-corrected chi connectivity index (χ0v) is 37.9. The maximum absolute atomic E-state index is 13.5. The van der Waals surface area contributed by atoms with Gasteiger partial charge in [0, 0.05) is 73.3 Å². The number of carbonyl (C=O) groups excluding carboxylic acids is 1. The number of benzene rings is 3. The molecule has 1 amide bonds. The Bertz CT molecular complexity index is 2180. The molecule has 4 aliphatic carbocycles. The zero-order valence-electron chi connectivity index (χ0n) is 36.3. The van der Waals surface area contributed by atoms with Crippen LogP contribution < -0.4 is 14.9 Å². The molecule has 0 aromatic heterocycles. The second-order valence-electron chi connectivity index (χ2n) is 19.4. The monoisotopic (exact) mass is 868 g/mol. The molecule has 0 spiro atoms. The summed E-state index contributed by atoms with van der Waals surface area (Å²) in [6, 6.07) is 20.8. The van der Waals surface area contributed by atoms with Crippen molar-refractivity contribution in [3.63, 3.8) is 0 Å². The average Bonchev–Trinajstić information content (AvgIpc) is 3.22. The van der Waals surface area contributed by atoms with Crippen LogP contribution in [0.4, 0.5) is 17.1 Å². The number of piperidine rings is 1. The van der Waals surface area contributed by atoms with Gasteiger partial charge in [-0.1, -0.05) is 63.0 Å². The number of rotatable bonds is 17. The van der Waals surface area contributed by atoms with Gasteiger partial charge in [-0.05, 0) is 136 Å². The predicted octanol–water partition coefficient (Wildman–Crippen LogP) is 9.37. The van der Waals surface area contributed by atoms with E-state index in [2.05, 4.69) is 45.5 Å². The first-order chi connectivity index (χ1) is 29.2. The van der Waals surface area contributed by atoms with Gasteiger partial charge < -0.3 is 15.1 Å². The Morgan fingerprint density at radius 2 is 1.61 bits per heavy atom. The number of allylic oxidation sites excluding steroid dienone is 1. The third-order valence-corrected chi connectivity index (χ3v) is 17.0. The lowest BCUT2D eigenvalue weighted by atomic mass is 9.31. The maximum atomic E-state index is 13.5. The van der Waals surface area contributed by atoms with Crippen LogP contribution in [-0.2, 0) is 10.0 Å². The first kappa shape index (κ1) is 43.7. The second-order valence-corrected chi connectivity index (χ2v) is 22.2. The summed E-state index contributed by atoms with van der Waals surface area (Å²) in [6.45, 7) is 15.0. The van der Waals surface area contributed by atoms with Gasteiger partial charge in [-0.3, -0.25) is 19.8 Å². The topological polar surface area (TPSA) is 128 Å². The lowest BCUT2D eigenvalue weighted by molar-refractivity contribution is -0.384. The minimum atomic E-state index is -4.41.